The lowest BCUT2D eigenvalue weighted by atomic mass is 10.1. The van der Waals surface area contributed by atoms with Gasteiger partial charge in [0.05, 0.1) is 10.6 Å². The summed E-state index contributed by atoms with van der Waals surface area (Å²) < 4.78 is 2.05. The van der Waals surface area contributed by atoms with Gasteiger partial charge in [0.2, 0.25) is 11.8 Å². The molecule has 0 radical (unpaired) electrons. The molecule has 30 heavy (non-hydrogen) atoms. The van der Waals surface area contributed by atoms with Crippen LogP contribution in [0, 0.1) is 13.8 Å². The molecule has 1 aliphatic heterocycles. The molecule has 1 aromatic carbocycles. The molecule has 8 heteroatoms. The lowest BCUT2D eigenvalue weighted by molar-refractivity contribution is -0.138. The molecule has 1 fully saturated rings. The topological polar surface area (TPSA) is 74.7 Å². The van der Waals surface area contributed by atoms with E-state index in [0.717, 1.165) is 17.1 Å². The standard InChI is InChI=1S/C22H27ClN4O3/c1-15-4-5-16(2)27(15)18-6-7-20(23)19(14-18)22(30)24-9-8-21(29)26-12-10-25(11-13-26)17(3)28/h4-7,14H,8-13H2,1-3H3,(H,24,30). The maximum absolute atomic E-state index is 12.7. The Balaban J connectivity index is 1.57. The van der Waals surface area contributed by atoms with E-state index in [2.05, 4.69) is 9.88 Å². The van der Waals surface area contributed by atoms with Crippen molar-refractivity contribution in [1.82, 2.24) is 19.7 Å². The summed E-state index contributed by atoms with van der Waals surface area (Å²) in [6.07, 6.45) is 0.207. The third-order valence-electron chi connectivity index (χ3n) is 5.43. The van der Waals surface area contributed by atoms with E-state index < -0.39 is 0 Å². The zero-order chi connectivity index (χ0) is 21.8. The highest BCUT2D eigenvalue weighted by atomic mass is 35.5. The van der Waals surface area contributed by atoms with Crippen molar-refractivity contribution in [2.24, 2.45) is 0 Å². The van der Waals surface area contributed by atoms with E-state index >= 15 is 0 Å². The highest BCUT2D eigenvalue weighted by Gasteiger charge is 2.22. The predicted molar refractivity (Wildman–Crippen MR) is 116 cm³/mol. The molecular formula is C22H27ClN4O3. The van der Waals surface area contributed by atoms with Gasteiger partial charge in [0.25, 0.3) is 5.91 Å². The summed E-state index contributed by atoms with van der Waals surface area (Å²) >= 11 is 6.26. The molecule has 0 atom stereocenters. The number of piperazine rings is 1. The molecule has 3 amide bonds. The fourth-order valence-corrected chi connectivity index (χ4v) is 3.91. The van der Waals surface area contributed by atoms with Crippen LogP contribution in [0.4, 0.5) is 0 Å². The van der Waals surface area contributed by atoms with Crippen LogP contribution in [0.1, 0.15) is 35.1 Å². The molecule has 160 valence electrons. The summed E-state index contributed by atoms with van der Waals surface area (Å²) in [6.45, 7) is 7.92. The third kappa shape index (κ3) is 4.84. The average Bonchev–Trinajstić information content (AvgIpc) is 3.06. The van der Waals surface area contributed by atoms with Crippen LogP contribution in [0.15, 0.2) is 30.3 Å². The molecule has 0 saturated carbocycles. The maximum atomic E-state index is 12.7. The van der Waals surface area contributed by atoms with Gasteiger partial charge in [-0.25, -0.2) is 0 Å². The molecule has 2 heterocycles. The third-order valence-corrected chi connectivity index (χ3v) is 5.76. The molecule has 1 aromatic heterocycles. The summed E-state index contributed by atoms with van der Waals surface area (Å²) in [4.78, 5) is 39.9. The average molecular weight is 431 g/mol. The van der Waals surface area contributed by atoms with Crippen LogP contribution in [0.5, 0.6) is 0 Å². The summed E-state index contributed by atoms with van der Waals surface area (Å²) in [7, 11) is 0. The van der Waals surface area contributed by atoms with E-state index in [1.165, 1.54) is 6.92 Å². The van der Waals surface area contributed by atoms with Gasteiger partial charge in [-0.2, -0.15) is 0 Å². The molecule has 1 aliphatic rings. The lowest BCUT2D eigenvalue weighted by Crippen LogP contribution is -2.50. The number of carbonyl (C=O) groups is 3. The number of aromatic nitrogens is 1. The summed E-state index contributed by atoms with van der Waals surface area (Å²) in [5, 5.41) is 3.16. The van der Waals surface area contributed by atoms with Crippen molar-refractivity contribution in [1.29, 1.82) is 0 Å². The Hall–Kier alpha value is -2.80. The van der Waals surface area contributed by atoms with Crippen molar-refractivity contribution in [2.75, 3.05) is 32.7 Å². The van der Waals surface area contributed by atoms with Crippen LogP contribution < -0.4 is 5.32 Å². The number of nitrogens with one attached hydrogen (secondary N) is 1. The van der Waals surface area contributed by atoms with E-state index in [-0.39, 0.29) is 30.7 Å². The minimum absolute atomic E-state index is 0.0266. The SMILES string of the molecule is CC(=O)N1CCN(C(=O)CCNC(=O)c2cc(-n3c(C)ccc3C)ccc2Cl)CC1. The van der Waals surface area contributed by atoms with Crippen LogP contribution in [0.3, 0.4) is 0 Å². The molecule has 0 unspecified atom stereocenters. The number of halogens is 1. The fraction of sp³-hybridized carbons (Fsp3) is 0.409. The number of rotatable bonds is 5. The van der Waals surface area contributed by atoms with Gasteiger partial charge >= 0.3 is 0 Å². The normalized spacial score (nSPS) is 14.0. The Kier molecular flexibility index (Phi) is 6.82. The molecule has 3 rings (SSSR count). The van der Waals surface area contributed by atoms with Crippen molar-refractivity contribution < 1.29 is 14.4 Å². The van der Waals surface area contributed by atoms with Crippen LogP contribution in [0.2, 0.25) is 5.02 Å². The highest BCUT2D eigenvalue weighted by Crippen LogP contribution is 2.23. The van der Waals surface area contributed by atoms with Crippen LogP contribution in [0.25, 0.3) is 5.69 Å². The summed E-state index contributed by atoms with van der Waals surface area (Å²) in [5.74, 6) is -0.311. The minimum atomic E-state index is -0.307. The Morgan fingerprint density at radius 3 is 2.17 bits per heavy atom. The number of benzene rings is 1. The molecular weight excluding hydrogens is 404 g/mol. The zero-order valence-electron chi connectivity index (χ0n) is 17.6. The van der Waals surface area contributed by atoms with Crippen LogP contribution in [-0.2, 0) is 9.59 Å². The van der Waals surface area contributed by atoms with Gasteiger partial charge in [0.15, 0.2) is 0 Å². The van der Waals surface area contributed by atoms with Gasteiger partial charge in [-0.15, -0.1) is 0 Å². The number of aryl methyl sites for hydroxylation is 2. The highest BCUT2D eigenvalue weighted by molar-refractivity contribution is 6.33. The van der Waals surface area contributed by atoms with Gasteiger partial charge < -0.3 is 19.7 Å². The molecule has 1 N–H and O–H groups in total. The summed E-state index contributed by atoms with van der Waals surface area (Å²) in [6, 6.07) is 9.39. The first-order valence-corrected chi connectivity index (χ1v) is 10.4. The van der Waals surface area contributed by atoms with E-state index in [4.69, 9.17) is 11.6 Å². The summed E-state index contributed by atoms with van der Waals surface area (Å²) in [5.41, 5.74) is 3.38. The molecule has 0 spiro atoms. The van der Waals surface area contributed by atoms with Gasteiger partial charge in [-0.05, 0) is 44.2 Å². The van der Waals surface area contributed by atoms with Gasteiger partial charge in [0.1, 0.15) is 0 Å². The molecule has 1 saturated heterocycles. The number of carbonyl (C=O) groups excluding carboxylic acids is 3. The lowest BCUT2D eigenvalue weighted by Gasteiger charge is -2.34. The molecule has 0 aliphatic carbocycles. The second-order valence-electron chi connectivity index (χ2n) is 7.51. The van der Waals surface area contributed by atoms with E-state index in [1.807, 2.05) is 32.0 Å². The van der Waals surface area contributed by atoms with E-state index in [0.29, 0.717) is 36.8 Å². The maximum Gasteiger partial charge on any atom is 0.252 e. The largest absolute Gasteiger partial charge is 0.351 e. The van der Waals surface area contributed by atoms with E-state index in [1.54, 1.807) is 21.9 Å². The Labute approximate surface area is 181 Å². The Morgan fingerprint density at radius 2 is 1.57 bits per heavy atom. The second-order valence-corrected chi connectivity index (χ2v) is 7.92. The first-order chi connectivity index (χ1) is 14.3. The number of hydrogen-bond donors (Lipinski definition) is 1. The zero-order valence-corrected chi connectivity index (χ0v) is 18.3. The fourth-order valence-electron chi connectivity index (χ4n) is 3.71. The quantitative estimate of drug-likeness (QED) is 0.792. The predicted octanol–water partition coefficient (Wildman–Crippen LogP) is 2.56. The van der Waals surface area contributed by atoms with Gasteiger partial charge in [0, 0.05) is 63.1 Å². The minimum Gasteiger partial charge on any atom is -0.351 e. The van der Waals surface area contributed by atoms with Crippen molar-refractivity contribution in [3.63, 3.8) is 0 Å². The van der Waals surface area contributed by atoms with Crippen LogP contribution >= 0.6 is 11.6 Å². The second kappa shape index (κ2) is 9.34. The van der Waals surface area contributed by atoms with Crippen molar-refractivity contribution in [3.05, 3.63) is 52.3 Å². The van der Waals surface area contributed by atoms with Crippen molar-refractivity contribution >= 4 is 29.3 Å². The van der Waals surface area contributed by atoms with Crippen LogP contribution in [-0.4, -0.2) is 64.8 Å². The Morgan fingerprint density at radius 1 is 0.967 bits per heavy atom. The smallest absolute Gasteiger partial charge is 0.252 e. The molecule has 7 nitrogen and oxygen atoms in total. The Bertz CT molecular complexity index is 942. The first kappa shape index (κ1) is 21.9. The number of amides is 3. The number of nitrogens with zero attached hydrogens (tertiary/aromatic N) is 3. The van der Waals surface area contributed by atoms with Crippen molar-refractivity contribution in [2.45, 2.75) is 27.2 Å². The van der Waals surface area contributed by atoms with Gasteiger partial charge in [-0.3, -0.25) is 14.4 Å². The van der Waals surface area contributed by atoms with E-state index in [9.17, 15) is 14.4 Å². The monoisotopic (exact) mass is 430 g/mol. The van der Waals surface area contributed by atoms with Gasteiger partial charge in [-0.1, -0.05) is 11.6 Å². The molecule has 2 aromatic rings. The first-order valence-electron chi connectivity index (χ1n) is 10.0. The number of hydrogen-bond acceptors (Lipinski definition) is 3. The van der Waals surface area contributed by atoms with Crippen molar-refractivity contribution in [3.8, 4) is 5.69 Å². The molecule has 0 bridgehead atoms.